The quantitative estimate of drug-likeness (QED) is 0.678. The molecule has 2 amide bonds. The van der Waals surface area contributed by atoms with Crippen LogP contribution >= 0.6 is 0 Å². The average molecular weight is 390 g/mol. The Kier molecular flexibility index (Phi) is 5.33. The number of carbonyl (C=O) groups is 2. The summed E-state index contributed by atoms with van der Waals surface area (Å²) in [6.45, 7) is 2.02. The Morgan fingerprint density at radius 1 is 0.966 bits per heavy atom. The first-order chi connectivity index (χ1) is 14.1. The highest BCUT2D eigenvalue weighted by molar-refractivity contribution is 5.91. The predicted molar refractivity (Wildman–Crippen MR) is 110 cm³/mol. The largest absolute Gasteiger partial charge is 0.454 e. The molecule has 1 heterocycles. The van der Waals surface area contributed by atoms with Crippen LogP contribution in [0.5, 0.6) is 11.5 Å². The van der Waals surface area contributed by atoms with Gasteiger partial charge in [-0.25, -0.2) is 0 Å². The minimum absolute atomic E-state index is 0.0709. The van der Waals surface area contributed by atoms with Crippen LogP contribution in [0, 0.1) is 0 Å². The molecule has 29 heavy (non-hydrogen) atoms. The number of benzene rings is 3. The molecule has 3 aromatic rings. The Hall–Kier alpha value is -3.54. The molecule has 1 aliphatic rings. The van der Waals surface area contributed by atoms with Crippen molar-refractivity contribution in [1.82, 2.24) is 10.6 Å². The first kappa shape index (κ1) is 18.8. The lowest BCUT2D eigenvalue weighted by atomic mass is 10.0. The highest BCUT2D eigenvalue weighted by Gasteiger charge is 2.17. The van der Waals surface area contributed by atoms with Gasteiger partial charge in [-0.05, 0) is 41.0 Å². The van der Waals surface area contributed by atoms with Crippen molar-refractivity contribution in [3.8, 4) is 11.5 Å². The zero-order chi connectivity index (χ0) is 20.2. The molecule has 0 bridgehead atoms. The second-order valence-corrected chi connectivity index (χ2v) is 6.99. The summed E-state index contributed by atoms with van der Waals surface area (Å²) >= 11 is 0. The Morgan fingerprint density at radius 3 is 2.66 bits per heavy atom. The zero-order valence-electron chi connectivity index (χ0n) is 16.1. The van der Waals surface area contributed by atoms with Crippen LogP contribution in [0.3, 0.4) is 0 Å². The summed E-state index contributed by atoms with van der Waals surface area (Å²) in [6, 6.07) is 19.2. The predicted octanol–water partition coefficient (Wildman–Crippen LogP) is 3.10. The zero-order valence-corrected chi connectivity index (χ0v) is 16.1. The molecule has 6 heteroatoms. The van der Waals surface area contributed by atoms with Gasteiger partial charge in [0, 0.05) is 0 Å². The lowest BCUT2D eigenvalue weighted by molar-refractivity contribution is -0.126. The minimum Gasteiger partial charge on any atom is -0.454 e. The summed E-state index contributed by atoms with van der Waals surface area (Å²) < 4.78 is 10.7. The Labute approximate surface area is 168 Å². The number of amides is 2. The number of fused-ring (bicyclic) bond motifs is 2. The van der Waals surface area contributed by atoms with E-state index in [0.717, 1.165) is 21.9 Å². The topological polar surface area (TPSA) is 76.7 Å². The molecular weight excluding hydrogens is 368 g/mol. The monoisotopic (exact) mass is 390 g/mol. The molecule has 0 fully saturated rings. The van der Waals surface area contributed by atoms with Gasteiger partial charge in [-0.2, -0.15) is 0 Å². The van der Waals surface area contributed by atoms with Crippen molar-refractivity contribution in [2.24, 2.45) is 0 Å². The number of nitrogens with one attached hydrogen (secondary N) is 2. The smallest absolute Gasteiger partial charge is 0.239 e. The van der Waals surface area contributed by atoms with Crippen molar-refractivity contribution in [1.29, 1.82) is 0 Å². The summed E-state index contributed by atoms with van der Waals surface area (Å²) in [5.74, 6) is 0.939. The van der Waals surface area contributed by atoms with E-state index in [1.54, 1.807) is 0 Å². The summed E-state index contributed by atoms with van der Waals surface area (Å²) in [5, 5.41) is 7.72. The van der Waals surface area contributed by atoms with Gasteiger partial charge in [0.2, 0.25) is 18.6 Å². The van der Waals surface area contributed by atoms with Crippen molar-refractivity contribution in [3.05, 3.63) is 71.8 Å². The molecular formula is C23H22N2O4. The van der Waals surface area contributed by atoms with Gasteiger partial charge in [0.1, 0.15) is 0 Å². The number of ether oxygens (including phenoxy) is 2. The maximum absolute atomic E-state index is 12.3. The fourth-order valence-corrected chi connectivity index (χ4v) is 3.42. The first-order valence-corrected chi connectivity index (χ1v) is 9.52. The Balaban J connectivity index is 1.30. The SMILES string of the molecule is CC(NC(=O)CNC(=O)Cc1cccc2ccccc12)c1ccc2c(c1)OCO2. The van der Waals surface area contributed by atoms with Gasteiger partial charge < -0.3 is 20.1 Å². The highest BCUT2D eigenvalue weighted by atomic mass is 16.7. The summed E-state index contributed by atoms with van der Waals surface area (Å²) in [5.41, 5.74) is 1.85. The molecule has 1 unspecified atom stereocenters. The van der Waals surface area contributed by atoms with Crippen molar-refractivity contribution in [2.45, 2.75) is 19.4 Å². The fraction of sp³-hybridized carbons (Fsp3) is 0.217. The fourth-order valence-electron chi connectivity index (χ4n) is 3.42. The van der Waals surface area contributed by atoms with Crippen LogP contribution < -0.4 is 20.1 Å². The van der Waals surface area contributed by atoms with Crippen LogP contribution in [-0.4, -0.2) is 25.2 Å². The molecule has 1 atom stereocenters. The third-order valence-corrected chi connectivity index (χ3v) is 4.95. The molecule has 0 saturated heterocycles. The van der Waals surface area contributed by atoms with E-state index in [-0.39, 0.29) is 37.6 Å². The van der Waals surface area contributed by atoms with Crippen LogP contribution in [0.15, 0.2) is 60.7 Å². The third kappa shape index (κ3) is 4.32. The maximum Gasteiger partial charge on any atom is 0.239 e. The van der Waals surface area contributed by atoms with Crippen LogP contribution in [0.2, 0.25) is 0 Å². The molecule has 2 N–H and O–H groups in total. The van der Waals surface area contributed by atoms with E-state index >= 15 is 0 Å². The van der Waals surface area contributed by atoms with E-state index in [4.69, 9.17) is 9.47 Å². The van der Waals surface area contributed by atoms with Gasteiger partial charge in [0.05, 0.1) is 19.0 Å². The normalized spacial score (nSPS) is 13.1. The first-order valence-electron chi connectivity index (χ1n) is 9.52. The molecule has 3 aromatic carbocycles. The van der Waals surface area contributed by atoms with Crippen LogP contribution in [0.4, 0.5) is 0 Å². The minimum atomic E-state index is -0.249. The number of rotatable bonds is 6. The van der Waals surface area contributed by atoms with Gasteiger partial charge in [0.15, 0.2) is 11.5 Å². The molecule has 148 valence electrons. The van der Waals surface area contributed by atoms with Crippen molar-refractivity contribution >= 4 is 22.6 Å². The molecule has 0 aliphatic carbocycles. The second-order valence-electron chi connectivity index (χ2n) is 6.99. The van der Waals surface area contributed by atoms with Gasteiger partial charge in [-0.3, -0.25) is 9.59 Å². The lowest BCUT2D eigenvalue weighted by Gasteiger charge is -2.15. The number of hydrogen-bond donors (Lipinski definition) is 2. The molecule has 0 spiro atoms. The molecule has 6 nitrogen and oxygen atoms in total. The molecule has 4 rings (SSSR count). The van der Waals surface area contributed by atoms with E-state index in [9.17, 15) is 9.59 Å². The van der Waals surface area contributed by atoms with E-state index in [1.165, 1.54) is 0 Å². The summed E-state index contributed by atoms with van der Waals surface area (Å²) in [6.07, 6.45) is 0.229. The lowest BCUT2D eigenvalue weighted by Crippen LogP contribution is -2.38. The van der Waals surface area contributed by atoms with E-state index < -0.39 is 0 Å². The van der Waals surface area contributed by atoms with Crippen molar-refractivity contribution in [3.63, 3.8) is 0 Å². The second kappa shape index (κ2) is 8.22. The van der Waals surface area contributed by atoms with Gasteiger partial charge in [0.25, 0.3) is 0 Å². The van der Waals surface area contributed by atoms with Crippen molar-refractivity contribution in [2.75, 3.05) is 13.3 Å². The van der Waals surface area contributed by atoms with Crippen LogP contribution in [-0.2, 0) is 16.0 Å². The average Bonchev–Trinajstić information content (AvgIpc) is 3.20. The highest BCUT2D eigenvalue weighted by Crippen LogP contribution is 2.34. The van der Waals surface area contributed by atoms with Crippen LogP contribution in [0.1, 0.15) is 24.1 Å². The molecule has 1 aliphatic heterocycles. The maximum atomic E-state index is 12.3. The van der Waals surface area contributed by atoms with Gasteiger partial charge in [-0.1, -0.05) is 48.5 Å². The number of hydrogen-bond acceptors (Lipinski definition) is 4. The number of carbonyl (C=O) groups excluding carboxylic acids is 2. The van der Waals surface area contributed by atoms with Gasteiger partial charge >= 0.3 is 0 Å². The molecule has 0 saturated carbocycles. The van der Waals surface area contributed by atoms with E-state index in [0.29, 0.717) is 11.5 Å². The third-order valence-electron chi connectivity index (χ3n) is 4.95. The molecule has 0 radical (unpaired) electrons. The van der Waals surface area contributed by atoms with E-state index in [1.807, 2.05) is 67.6 Å². The summed E-state index contributed by atoms with van der Waals surface area (Å²) in [7, 11) is 0. The van der Waals surface area contributed by atoms with Gasteiger partial charge in [-0.15, -0.1) is 0 Å². The van der Waals surface area contributed by atoms with E-state index in [2.05, 4.69) is 10.6 Å². The standard InChI is InChI=1S/C23H22N2O4/c1-15(17-9-10-20-21(11-17)29-14-28-20)25-23(27)13-24-22(26)12-18-7-4-6-16-5-2-3-8-19(16)18/h2-11,15H,12-14H2,1H3,(H,24,26)(H,25,27). The Bertz CT molecular complexity index is 1060. The Morgan fingerprint density at radius 2 is 1.76 bits per heavy atom. The van der Waals surface area contributed by atoms with Crippen LogP contribution in [0.25, 0.3) is 10.8 Å². The summed E-state index contributed by atoms with van der Waals surface area (Å²) in [4.78, 5) is 24.6. The van der Waals surface area contributed by atoms with Crippen molar-refractivity contribution < 1.29 is 19.1 Å². The molecule has 0 aromatic heterocycles.